The minimum Gasteiger partial charge on any atom is -0.393 e. The minimum atomic E-state index is -0.251. The SMILES string of the molecule is CC#CCN1C[C@@H]2C[C@]2(c2ccc(-c3cnc(N)c(C(=O)NC4CCC(O)CC4)c3)cc2)C1. The maximum atomic E-state index is 12.9. The number of piperidine rings is 1. The van der Waals surface area contributed by atoms with Gasteiger partial charge in [-0.15, -0.1) is 5.92 Å². The number of fused-ring (bicyclic) bond motifs is 1. The Morgan fingerprint density at radius 3 is 2.73 bits per heavy atom. The van der Waals surface area contributed by atoms with Gasteiger partial charge >= 0.3 is 0 Å². The molecule has 1 aromatic carbocycles. The first-order chi connectivity index (χ1) is 16.0. The van der Waals surface area contributed by atoms with Gasteiger partial charge in [-0.05, 0) is 62.1 Å². The van der Waals surface area contributed by atoms with Gasteiger partial charge < -0.3 is 16.2 Å². The number of carbonyl (C=O) groups excluding carboxylic acids is 1. The van der Waals surface area contributed by atoms with E-state index in [9.17, 15) is 9.90 Å². The fourth-order valence-electron chi connectivity index (χ4n) is 5.64. The third-order valence-electron chi connectivity index (χ3n) is 7.68. The number of aliphatic hydroxyl groups excluding tert-OH is 1. The van der Waals surface area contributed by atoms with Gasteiger partial charge in [0.15, 0.2) is 0 Å². The number of likely N-dealkylation sites (tertiary alicyclic amines) is 1. The molecule has 2 heterocycles. The zero-order chi connectivity index (χ0) is 23.0. The van der Waals surface area contributed by atoms with Crippen molar-refractivity contribution in [2.75, 3.05) is 25.4 Å². The van der Waals surface area contributed by atoms with Gasteiger partial charge in [-0.1, -0.05) is 30.2 Å². The lowest BCUT2D eigenvalue weighted by atomic mass is 9.92. The number of aromatic nitrogens is 1. The molecule has 4 N–H and O–H groups in total. The molecule has 5 rings (SSSR count). The first-order valence-electron chi connectivity index (χ1n) is 12.0. The average molecular weight is 445 g/mol. The number of aliphatic hydroxyl groups is 1. The zero-order valence-electron chi connectivity index (χ0n) is 19.2. The van der Waals surface area contributed by atoms with Crippen LogP contribution in [0.15, 0.2) is 36.5 Å². The van der Waals surface area contributed by atoms with E-state index in [-0.39, 0.29) is 29.3 Å². The number of amides is 1. The van der Waals surface area contributed by atoms with Crippen molar-refractivity contribution in [2.45, 2.75) is 56.6 Å². The number of pyridine rings is 1. The number of carbonyl (C=O) groups is 1. The number of nitrogens with two attached hydrogens (primary N) is 1. The molecule has 0 radical (unpaired) electrons. The highest BCUT2D eigenvalue weighted by molar-refractivity contribution is 5.99. The van der Waals surface area contributed by atoms with Crippen LogP contribution >= 0.6 is 0 Å². The normalized spacial score (nSPS) is 28.5. The molecule has 33 heavy (non-hydrogen) atoms. The molecular formula is C27H32N4O2. The molecule has 0 bridgehead atoms. The second kappa shape index (κ2) is 8.81. The maximum absolute atomic E-state index is 12.9. The lowest BCUT2D eigenvalue weighted by molar-refractivity contribution is 0.0868. The van der Waals surface area contributed by atoms with E-state index in [0.717, 1.165) is 62.4 Å². The number of nitrogens with one attached hydrogen (secondary N) is 1. The lowest BCUT2D eigenvalue weighted by Crippen LogP contribution is -2.38. The average Bonchev–Trinajstić information content (AvgIpc) is 3.40. The predicted molar refractivity (Wildman–Crippen MR) is 129 cm³/mol. The second-order valence-corrected chi connectivity index (χ2v) is 9.87. The molecule has 6 nitrogen and oxygen atoms in total. The highest BCUT2D eigenvalue weighted by atomic mass is 16.3. The maximum Gasteiger partial charge on any atom is 0.255 e. The Kier molecular flexibility index (Phi) is 5.86. The molecule has 1 saturated heterocycles. The van der Waals surface area contributed by atoms with Crippen molar-refractivity contribution in [3.05, 3.63) is 47.7 Å². The molecule has 0 unspecified atom stereocenters. The molecule has 2 saturated carbocycles. The monoisotopic (exact) mass is 444 g/mol. The van der Waals surface area contributed by atoms with Crippen LogP contribution in [0.5, 0.6) is 0 Å². The van der Waals surface area contributed by atoms with Crippen LogP contribution in [0.3, 0.4) is 0 Å². The number of benzene rings is 1. The fraction of sp³-hybridized carbons (Fsp3) is 0.481. The molecule has 1 aromatic heterocycles. The smallest absolute Gasteiger partial charge is 0.255 e. The summed E-state index contributed by atoms with van der Waals surface area (Å²) in [4.78, 5) is 19.6. The van der Waals surface area contributed by atoms with E-state index < -0.39 is 0 Å². The van der Waals surface area contributed by atoms with E-state index in [2.05, 4.69) is 51.3 Å². The number of nitrogens with zero attached hydrogens (tertiary/aromatic N) is 2. The topological polar surface area (TPSA) is 91.5 Å². The lowest BCUT2D eigenvalue weighted by Gasteiger charge is -2.26. The molecule has 0 spiro atoms. The Balaban J connectivity index is 1.29. The van der Waals surface area contributed by atoms with Crippen LogP contribution in [-0.4, -0.2) is 52.7 Å². The van der Waals surface area contributed by atoms with Crippen LogP contribution in [0.4, 0.5) is 5.82 Å². The van der Waals surface area contributed by atoms with Crippen LogP contribution < -0.4 is 11.1 Å². The third-order valence-corrected chi connectivity index (χ3v) is 7.68. The van der Waals surface area contributed by atoms with E-state index in [0.29, 0.717) is 5.56 Å². The number of anilines is 1. The number of hydrogen-bond acceptors (Lipinski definition) is 5. The van der Waals surface area contributed by atoms with Crippen molar-refractivity contribution >= 4 is 11.7 Å². The molecule has 2 aromatic rings. The highest BCUT2D eigenvalue weighted by Crippen LogP contribution is 2.59. The zero-order valence-corrected chi connectivity index (χ0v) is 19.2. The Morgan fingerprint density at radius 2 is 2.00 bits per heavy atom. The van der Waals surface area contributed by atoms with Gasteiger partial charge in [-0.2, -0.15) is 0 Å². The van der Waals surface area contributed by atoms with Gasteiger partial charge in [-0.25, -0.2) is 4.98 Å². The molecular weight excluding hydrogens is 412 g/mol. The van der Waals surface area contributed by atoms with E-state index in [1.165, 1.54) is 12.0 Å². The summed E-state index contributed by atoms with van der Waals surface area (Å²) in [5, 5.41) is 12.8. The van der Waals surface area contributed by atoms with Crippen LogP contribution in [0.2, 0.25) is 0 Å². The van der Waals surface area contributed by atoms with Gasteiger partial charge in [0, 0.05) is 36.3 Å². The fourth-order valence-corrected chi connectivity index (χ4v) is 5.64. The summed E-state index contributed by atoms with van der Waals surface area (Å²) in [6.45, 7) is 4.97. The standard InChI is InChI=1S/C27H32N4O2/c1-2-3-12-31-16-21-14-27(21,17-31)20-6-4-18(5-7-20)19-13-24(25(28)29-15-19)26(33)30-22-8-10-23(32)11-9-22/h4-7,13,15,21-23,32H,8-12,14,16-17H2,1H3,(H2,28,29)(H,30,33)/t21-,22?,23?,27+/m0/s1. The summed E-state index contributed by atoms with van der Waals surface area (Å²) in [6.07, 6.45) is 5.75. The Labute approximate surface area is 195 Å². The van der Waals surface area contributed by atoms with Crippen LogP contribution in [-0.2, 0) is 5.41 Å². The van der Waals surface area contributed by atoms with E-state index >= 15 is 0 Å². The van der Waals surface area contributed by atoms with Crippen molar-refractivity contribution in [2.24, 2.45) is 5.92 Å². The molecule has 2 atom stereocenters. The van der Waals surface area contributed by atoms with Crippen molar-refractivity contribution in [3.8, 4) is 23.0 Å². The molecule has 6 heteroatoms. The number of nitrogen functional groups attached to an aromatic ring is 1. The Hall–Kier alpha value is -2.88. The van der Waals surface area contributed by atoms with Crippen molar-refractivity contribution in [3.63, 3.8) is 0 Å². The van der Waals surface area contributed by atoms with Gasteiger partial charge in [0.25, 0.3) is 5.91 Å². The van der Waals surface area contributed by atoms with E-state index in [1.54, 1.807) is 6.20 Å². The first kappa shape index (κ1) is 21.9. The highest BCUT2D eigenvalue weighted by Gasteiger charge is 2.60. The number of rotatable bonds is 5. The van der Waals surface area contributed by atoms with Crippen LogP contribution in [0, 0.1) is 17.8 Å². The molecule has 3 fully saturated rings. The first-order valence-corrected chi connectivity index (χ1v) is 12.0. The summed E-state index contributed by atoms with van der Waals surface area (Å²) in [5.74, 6) is 6.97. The Morgan fingerprint density at radius 1 is 1.24 bits per heavy atom. The van der Waals surface area contributed by atoms with E-state index in [4.69, 9.17) is 5.73 Å². The third kappa shape index (κ3) is 4.36. The van der Waals surface area contributed by atoms with Gasteiger partial charge in [0.2, 0.25) is 0 Å². The Bertz CT molecular complexity index is 1100. The minimum absolute atomic E-state index is 0.0725. The molecule has 2 aliphatic carbocycles. The molecule has 3 aliphatic rings. The summed E-state index contributed by atoms with van der Waals surface area (Å²) in [6, 6.07) is 10.6. The second-order valence-electron chi connectivity index (χ2n) is 9.87. The van der Waals surface area contributed by atoms with Crippen molar-refractivity contribution < 1.29 is 9.90 Å². The van der Waals surface area contributed by atoms with Gasteiger partial charge in [-0.3, -0.25) is 9.69 Å². The predicted octanol–water partition coefficient (Wildman–Crippen LogP) is 2.96. The van der Waals surface area contributed by atoms with Gasteiger partial charge in [0.1, 0.15) is 5.82 Å². The summed E-state index contributed by atoms with van der Waals surface area (Å²) < 4.78 is 0. The van der Waals surface area contributed by atoms with Crippen molar-refractivity contribution in [1.82, 2.24) is 15.2 Å². The van der Waals surface area contributed by atoms with Crippen LogP contribution in [0.25, 0.3) is 11.1 Å². The van der Waals surface area contributed by atoms with Crippen LogP contribution in [0.1, 0.15) is 54.9 Å². The largest absolute Gasteiger partial charge is 0.393 e. The molecule has 172 valence electrons. The summed E-state index contributed by atoms with van der Waals surface area (Å²) >= 11 is 0. The summed E-state index contributed by atoms with van der Waals surface area (Å²) in [5.41, 5.74) is 10.0. The molecule has 1 aliphatic heterocycles. The van der Waals surface area contributed by atoms with E-state index in [1.807, 2.05) is 13.0 Å². The summed E-state index contributed by atoms with van der Waals surface area (Å²) in [7, 11) is 0. The molecule has 1 amide bonds. The van der Waals surface area contributed by atoms with Crippen molar-refractivity contribution in [1.29, 1.82) is 0 Å². The quantitative estimate of drug-likeness (QED) is 0.617. The number of hydrogen-bond donors (Lipinski definition) is 3. The van der Waals surface area contributed by atoms with Gasteiger partial charge in [0.05, 0.1) is 18.2 Å².